The summed E-state index contributed by atoms with van der Waals surface area (Å²) in [6.07, 6.45) is 1.63. The highest BCUT2D eigenvalue weighted by molar-refractivity contribution is 5.70. The van der Waals surface area contributed by atoms with Crippen molar-refractivity contribution in [2.24, 2.45) is 0 Å². The van der Waals surface area contributed by atoms with Crippen LogP contribution in [0.3, 0.4) is 0 Å². The zero-order valence-electron chi connectivity index (χ0n) is 10.4. The van der Waals surface area contributed by atoms with Crippen molar-refractivity contribution < 1.29 is 23.7 Å². The molecule has 0 aromatic carbocycles. The molecule has 0 aromatic rings. The van der Waals surface area contributed by atoms with Gasteiger partial charge >= 0.3 is 5.97 Å². The Morgan fingerprint density at radius 2 is 2.41 bits per heavy atom. The van der Waals surface area contributed by atoms with E-state index in [1.54, 1.807) is 19.9 Å². The Morgan fingerprint density at radius 3 is 3.06 bits per heavy atom. The molecule has 0 bridgehead atoms. The summed E-state index contributed by atoms with van der Waals surface area (Å²) in [5.41, 5.74) is 0. The lowest BCUT2D eigenvalue weighted by Crippen LogP contribution is -2.31. The molecule has 1 heterocycles. The number of carbonyl (C=O) groups excluding carboxylic acids is 1. The van der Waals surface area contributed by atoms with Crippen molar-refractivity contribution in [3.05, 3.63) is 12.7 Å². The van der Waals surface area contributed by atoms with E-state index in [0.29, 0.717) is 26.4 Å². The Morgan fingerprint density at radius 1 is 1.65 bits per heavy atom. The number of ether oxygens (including phenoxy) is 4. The molecule has 0 spiro atoms. The maximum absolute atomic E-state index is 11.3. The second-order valence-corrected chi connectivity index (χ2v) is 3.99. The topological polar surface area (TPSA) is 54.0 Å². The van der Waals surface area contributed by atoms with Crippen molar-refractivity contribution in [3.63, 3.8) is 0 Å². The maximum atomic E-state index is 11.3. The van der Waals surface area contributed by atoms with Gasteiger partial charge in [0.05, 0.1) is 32.8 Å². The molecule has 0 N–H and O–H groups in total. The van der Waals surface area contributed by atoms with Gasteiger partial charge in [0.25, 0.3) is 0 Å². The molecule has 98 valence electrons. The number of hydrogen-bond acceptors (Lipinski definition) is 5. The molecular weight excluding hydrogens is 224 g/mol. The Kier molecular flexibility index (Phi) is 5.61. The van der Waals surface area contributed by atoms with Crippen LogP contribution < -0.4 is 0 Å². The molecule has 2 unspecified atom stereocenters. The lowest BCUT2D eigenvalue weighted by molar-refractivity contribution is -0.182. The smallest absolute Gasteiger partial charge is 0.311 e. The number of esters is 1. The van der Waals surface area contributed by atoms with Gasteiger partial charge < -0.3 is 18.9 Å². The number of hydrogen-bond donors (Lipinski definition) is 0. The van der Waals surface area contributed by atoms with Crippen molar-refractivity contribution >= 4 is 5.97 Å². The molecule has 1 fully saturated rings. The Hall–Kier alpha value is -0.910. The van der Waals surface area contributed by atoms with Crippen molar-refractivity contribution in [3.8, 4) is 0 Å². The fraction of sp³-hybridized carbons (Fsp3) is 0.750. The van der Waals surface area contributed by atoms with Crippen molar-refractivity contribution in [2.45, 2.75) is 32.2 Å². The van der Waals surface area contributed by atoms with Crippen LogP contribution in [0.25, 0.3) is 0 Å². The van der Waals surface area contributed by atoms with Gasteiger partial charge in [0.2, 0.25) is 0 Å². The Labute approximate surface area is 102 Å². The minimum absolute atomic E-state index is 0.0960. The largest absolute Gasteiger partial charge is 0.466 e. The van der Waals surface area contributed by atoms with E-state index in [4.69, 9.17) is 18.9 Å². The third-order valence-electron chi connectivity index (χ3n) is 2.30. The van der Waals surface area contributed by atoms with Crippen LogP contribution in [0.4, 0.5) is 0 Å². The minimum atomic E-state index is -0.894. The first-order valence-corrected chi connectivity index (χ1v) is 5.75. The fourth-order valence-corrected chi connectivity index (χ4v) is 1.62. The van der Waals surface area contributed by atoms with E-state index in [1.807, 2.05) is 0 Å². The number of rotatable bonds is 7. The molecule has 0 aromatic heterocycles. The molecule has 0 amide bonds. The third kappa shape index (κ3) is 4.85. The molecule has 0 aliphatic carbocycles. The predicted octanol–water partition coefficient (Wildman–Crippen LogP) is 1.27. The van der Waals surface area contributed by atoms with Gasteiger partial charge in [-0.15, -0.1) is 6.58 Å². The van der Waals surface area contributed by atoms with Crippen LogP contribution in [0.5, 0.6) is 0 Å². The van der Waals surface area contributed by atoms with Gasteiger partial charge in [0.1, 0.15) is 6.10 Å². The zero-order chi connectivity index (χ0) is 12.7. The quantitative estimate of drug-likeness (QED) is 0.383. The van der Waals surface area contributed by atoms with Gasteiger partial charge in [-0.3, -0.25) is 4.79 Å². The fourth-order valence-electron chi connectivity index (χ4n) is 1.62. The average molecular weight is 244 g/mol. The summed E-state index contributed by atoms with van der Waals surface area (Å²) >= 11 is 0. The van der Waals surface area contributed by atoms with Crippen LogP contribution in [0.1, 0.15) is 20.3 Å². The molecule has 1 saturated heterocycles. The van der Waals surface area contributed by atoms with E-state index in [1.165, 1.54) is 0 Å². The van der Waals surface area contributed by atoms with Gasteiger partial charge in [-0.1, -0.05) is 6.08 Å². The highest BCUT2D eigenvalue weighted by Crippen LogP contribution is 2.27. The van der Waals surface area contributed by atoms with Crippen LogP contribution in [-0.4, -0.2) is 44.3 Å². The maximum Gasteiger partial charge on any atom is 0.311 e. The predicted molar refractivity (Wildman–Crippen MR) is 61.5 cm³/mol. The van der Waals surface area contributed by atoms with E-state index in [2.05, 4.69) is 6.58 Å². The summed E-state index contributed by atoms with van der Waals surface area (Å²) in [7, 11) is 0. The highest BCUT2D eigenvalue weighted by atomic mass is 16.8. The summed E-state index contributed by atoms with van der Waals surface area (Å²) in [4.78, 5) is 11.3. The summed E-state index contributed by atoms with van der Waals surface area (Å²) in [6, 6.07) is 0. The van der Waals surface area contributed by atoms with Crippen molar-refractivity contribution in [1.82, 2.24) is 0 Å². The second kappa shape index (κ2) is 6.74. The summed E-state index contributed by atoms with van der Waals surface area (Å²) in [6.45, 7) is 8.76. The van der Waals surface area contributed by atoms with Crippen LogP contribution >= 0.6 is 0 Å². The van der Waals surface area contributed by atoms with Crippen molar-refractivity contribution in [1.29, 1.82) is 0 Å². The molecule has 5 nitrogen and oxygen atoms in total. The molecule has 0 radical (unpaired) electrons. The van der Waals surface area contributed by atoms with E-state index in [0.717, 1.165) is 0 Å². The van der Waals surface area contributed by atoms with Gasteiger partial charge in [0, 0.05) is 0 Å². The van der Waals surface area contributed by atoms with E-state index in [9.17, 15) is 4.79 Å². The Bertz CT molecular complexity index is 266. The van der Waals surface area contributed by atoms with E-state index < -0.39 is 5.79 Å². The summed E-state index contributed by atoms with van der Waals surface area (Å²) in [5.74, 6) is -1.21. The second-order valence-electron chi connectivity index (χ2n) is 3.99. The molecule has 1 aliphatic rings. The van der Waals surface area contributed by atoms with Crippen LogP contribution in [0, 0.1) is 0 Å². The first kappa shape index (κ1) is 14.2. The first-order valence-electron chi connectivity index (χ1n) is 5.75. The van der Waals surface area contributed by atoms with Crippen LogP contribution in [-0.2, 0) is 23.7 Å². The van der Waals surface area contributed by atoms with E-state index in [-0.39, 0.29) is 18.5 Å². The lowest BCUT2D eigenvalue weighted by Gasteiger charge is -2.22. The summed E-state index contributed by atoms with van der Waals surface area (Å²) in [5, 5.41) is 0. The monoisotopic (exact) mass is 244 g/mol. The van der Waals surface area contributed by atoms with Crippen LogP contribution in [0.2, 0.25) is 0 Å². The molecule has 2 atom stereocenters. The Balaban J connectivity index is 2.31. The van der Waals surface area contributed by atoms with Gasteiger partial charge in [-0.25, -0.2) is 0 Å². The molecule has 5 heteroatoms. The average Bonchev–Trinajstić information content (AvgIpc) is 2.60. The number of carbonyl (C=O) groups is 1. The third-order valence-corrected chi connectivity index (χ3v) is 2.30. The standard InChI is InChI=1S/C12H20O5/c1-4-6-14-8-10-9-16-12(3,17-10)7-11(13)15-5-2/h4,10H,1,5-9H2,2-3H3. The van der Waals surface area contributed by atoms with Gasteiger partial charge in [-0.05, 0) is 13.8 Å². The molecule has 1 aliphatic heterocycles. The molecule has 17 heavy (non-hydrogen) atoms. The molecule has 1 rings (SSSR count). The first-order chi connectivity index (χ1) is 8.09. The van der Waals surface area contributed by atoms with Crippen LogP contribution in [0.15, 0.2) is 12.7 Å². The van der Waals surface area contributed by atoms with Gasteiger partial charge in [-0.2, -0.15) is 0 Å². The highest BCUT2D eigenvalue weighted by Gasteiger charge is 2.39. The SMILES string of the molecule is C=CCOCC1COC(C)(CC(=O)OCC)O1. The van der Waals surface area contributed by atoms with Gasteiger partial charge in [0.15, 0.2) is 5.79 Å². The van der Waals surface area contributed by atoms with Crippen molar-refractivity contribution in [2.75, 3.05) is 26.4 Å². The normalized spacial score (nSPS) is 28.0. The van der Waals surface area contributed by atoms with E-state index >= 15 is 0 Å². The molecular formula is C12H20O5. The summed E-state index contributed by atoms with van der Waals surface area (Å²) < 4.78 is 21.2. The molecule has 0 saturated carbocycles. The lowest BCUT2D eigenvalue weighted by atomic mass is 10.2. The zero-order valence-corrected chi connectivity index (χ0v) is 10.4. The minimum Gasteiger partial charge on any atom is -0.466 e.